The zero-order valence-electron chi connectivity index (χ0n) is 34.1. The number of aromatic amines is 1. The lowest BCUT2D eigenvalue weighted by molar-refractivity contribution is -0.118. The Morgan fingerprint density at radius 2 is 1.73 bits per heavy atom. The third-order valence-electron chi connectivity index (χ3n) is 10.6. The fourth-order valence-electron chi connectivity index (χ4n) is 7.36. The van der Waals surface area contributed by atoms with Gasteiger partial charge in [-0.05, 0) is 18.6 Å². The summed E-state index contributed by atoms with van der Waals surface area (Å²) in [4.78, 5) is 62.5. The Bertz CT molecular complexity index is 2710. The number of imidazole rings is 2. The van der Waals surface area contributed by atoms with Crippen LogP contribution in [0.1, 0.15) is 56.4 Å². The molecule has 7 heterocycles. The first-order chi connectivity index (χ1) is 30.2. The lowest BCUT2D eigenvalue weighted by atomic mass is 10.0. The van der Waals surface area contributed by atoms with Gasteiger partial charge in [-0.2, -0.15) is 10.2 Å². The Kier molecular flexibility index (Phi) is 12.7. The van der Waals surface area contributed by atoms with Gasteiger partial charge >= 0.3 is 15.4 Å². The second kappa shape index (κ2) is 18.0. The van der Waals surface area contributed by atoms with Crippen molar-refractivity contribution in [1.29, 1.82) is 5.26 Å². The van der Waals surface area contributed by atoms with Crippen LogP contribution in [0.25, 0.3) is 22.3 Å². The highest BCUT2D eigenvalue weighted by Crippen LogP contribution is 2.58. The molecule has 334 valence electrons. The van der Waals surface area contributed by atoms with Gasteiger partial charge < -0.3 is 23.8 Å². The van der Waals surface area contributed by atoms with Gasteiger partial charge in [-0.1, -0.05) is 39.0 Å². The SMILES string of the molecule is COP1(=O)CCC2OC(n3cnc4c(=O)[nH]c(NC(=O)C(C)C)nc43)C(OP(=O)(OCCC#N)OCC3OC(n4cnc5c(NC(=O)c6ccccc6)ncnc54)C(C)C3O1)C2F. The molecule has 4 aromatic heterocycles. The van der Waals surface area contributed by atoms with Crippen LogP contribution >= 0.6 is 15.4 Å². The van der Waals surface area contributed by atoms with Gasteiger partial charge in [-0.15, -0.1) is 0 Å². The lowest BCUT2D eigenvalue weighted by Crippen LogP contribution is -2.33. The minimum Gasteiger partial charge on any atom is -0.349 e. The van der Waals surface area contributed by atoms with Gasteiger partial charge in [0.05, 0.1) is 50.6 Å². The molecule has 0 radical (unpaired) electrons. The largest absolute Gasteiger partial charge is 0.475 e. The second-order valence-corrected chi connectivity index (χ2v) is 19.0. The Morgan fingerprint density at radius 3 is 2.46 bits per heavy atom. The average Bonchev–Trinajstić information content (AvgIpc) is 4.04. The number of rotatable bonds is 10. The van der Waals surface area contributed by atoms with E-state index >= 15 is 4.39 Å². The molecule has 0 aliphatic carbocycles. The molecule has 10 unspecified atom stereocenters. The maximum Gasteiger partial charge on any atom is 0.475 e. The number of hydrogen-bond donors (Lipinski definition) is 3. The van der Waals surface area contributed by atoms with E-state index in [4.69, 9.17) is 32.1 Å². The third-order valence-corrected chi connectivity index (χ3v) is 14.0. The number of hydrogen-bond acceptors (Lipinski definition) is 18. The topological polar surface area (TPSA) is 288 Å². The van der Waals surface area contributed by atoms with E-state index in [2.05, 4.69) is 40.5 Å². The van der Waals surface area contributed by atoms with Crippen molar-refractivity contribution in [3.63, 3.8) is 0 Å². The Morgan fingerprint density at radius 1 is 1.00 bits per heavy atom. The summed E-state index contributed by atoms with van der Waals surface area (Å²) in [6.07, 6.45) is -7.17. The number of carbonyl (C=O) groups is 2. The second-order valence-electron chi connectivity index (χ2n) is 15.1. The number of carbonyl (C=O) groups excluding carboxylic acids is 2. The number of alkyl halides is 1. The summed E-state index contributed by atoms with van der Waals surface area (Å²) in [7, 11) is -7.81. The van der Waals surface area contributed by atoms with E-state index in [1.807, 2.05) is 6.07 Å². The first-order valence-corrected chi connectivity index (χ1v) is 22.9. The molecule has 3 aliphatic rings. The summed E-state index contributed by atoms with van der Waals surface area (Å²) in [5.41, 5.74) is -0.203. The van der Waals surface area contributed by atoms with Crippen molar-refractivity contribution in [3.8, 4) is 6.07 Å². The van der Waals surface area contributed by atoms with E-state index in [0.29, 0.717) is 5.56 Å². The van der Waals surface area contributed by atoms with Crippen molar-refractivity contribution in [2.75, 3.05) is 37.1 Å². The van der Waals surface area contributed by atoms with Crippen LogP contribution in [-0.2, 0) is 46.0 Å². The van der Waals surface area contributed by atoms with Gasteiger partial charge in [0.25, 0.3) is 11.5 Å². The van der Waals surface area contributed by atoms with E-state index in [1.165, 1.54) is 24.3 Å². The van der Waals surface area contributed by atoms with Gasteiger partial charge in [0, 0.05) is 24.5 Å². The number of benzene rings is 1. The summed E-state index contributed by atoms with van der Waals surface area (Å²) in [6.45, 7) is 3.95. The van der Waals surface area contributed by atoms with Gasteiger partial charge in [-0.3, -0.25) is 52.0 Å². The third kappa shape index (κ3) is 8.93. The van der Waals surface area contributed by atoms with Gasteiger partial charge in [-0.25, -0.2) is 28.9 Å². The van der Waals surface area contributed by atoms with Crippen LogP contribution in [0.4, 0.5) is 16.2 Å². The molecule has 3 N–H and O–H groups in total. The number of nitrogens with zero attached hydrogens (tertiary/aromatic N) is 8. The molecule has 23 nitrogen and oxygen atoms in total. The zero-order valence-corrected chi connectivity index (χ0v) is 35.9. The zero-order chi connectivity index (χ0) is 44.6. The van der Waals surface area contributed by atoms with Crippen LogP contribution in [0, 0.1) is 23.2 Å². The monoisotopic (exact) mass is 913 g/mol. The van der Waals surface area contributed by atoms with Crippen molar-refractivity contribution in [3.05, 3.63) is 65.2 Å². The van der Waals surface area contributed by atoms with Crippen LogP contribution in [0.3, 0.4) is 0 Å². The molecule has 2 bridgehead atoms. The molecule has 1 aromatic carbocycles. The van der Waals surface area contributed by atoms with Gasteiger partial charge in [0.15, 0.2) is 40.5 Å². The average molecular weight is 914 g/mol. The molecule has 26 heteroatoms. The first-order valence-electron chi connectivity index (χ1n) is 19.8. The number of H-pyrrole nitrogens is 1. The maximum atomic E-state index is 16.7. The molecule has 2 amide bonds. The highest BCUT2D eigenvalue weighted by atomic mass is 31.2. The standard InChI is InChI=1S/C37H42FN11O12P2/c1-19(2)32(50)46-37-45-31-26(34(52)47-37)43-18-49(31)36-28-24(38)22(58-36)11-14-62(53,55-4)60-27-20(3)35(59-23(27)15-57-63(54,61-28)56-13-8-12-39)48-17-42-25-29(40-16-41-30(25)48)44-33(51)21-9-6-5-7-10-21/h5-7,9-10,16-20,22-24,27-28,35-36H,8,11,13-15H2,1-4H3,(H,40,41,44,51)(H2,45,46,47,50,52). The van der Waals surface area contributed by atoms with Crippen molar-refractivity contribution in [2.24, 2.45) is 11.8 Å². The van der Waals surface area contributed by atoms with E-state index in [1.54, 1.807) is 55.7 Å². The molecular formula is C37H42FN11O12P2. The number of fused-ring (bicyclic) bond motifs is 5. The summed E-state index contributed by atoms with van der Waals surface area (Å²) >= 11 is 0. The summed E-state index contributed by atoms with van der Waals surface area (Å²) in [6, 6.07) is 10.4. The molecule has 8 rings (SSSR count). The Balaban J connectivity index is 1.12. The number of phosphoric acid groups is 1. The maximum absolute atomic E-state index is 16.7. The Hall–Kier alpha value is -5.34. The van der Waals surface area contributed by atoms with Crippen molar-refractivity contribution >= 4 is 61.3 Å². The molecule has 63 heavy (non-hydrogen) atoms. The highest BCUT2D eigenvalue weighted by molar-refractivity contribution is 7.53. The fourth-order valence-corrected chi connectivity index (χ4v) is 10.4. The number of ether oxygens (including phenoxy) is 2. The lowest BCUT2D eigenvalue weighted by Gasteiger charge is -2.28. The molecular weight excluding hydrogens is 871 g/mol. The minimum atomic E-state index is -4.88. The summed E-state index contributed by atoms with van der Waals surface area (Å²) in [5.74, 6) is -2.12. The molecule has 3 aliphatic heterocycles. The quantitative estimate of drug-likeness (QED) is 0.127. The predicted molar refractivity (Wildman–Crippen MR) is 217 cm³/mol. The van der Waals surface area contributed by atoms with E-state index < -0.39 is 101 Å². The number of aromatic nitrogens is 8. The van der Waals surface area contributed by atoms with E-state index in [0.717, 1.165) is 6.33 Å². The smallest absolute Gasteiger partial charge is 0.349 e. The number of nitriles is 1. The molecule has 0 spiro atoms. The van der Waals surface area contributed by atoms with Crippen molar-refractivity contribution in [1.82, 2.24) is 39.0 Å². The number of phosphoric ester groups is 1. The van der Waals surface area contributed by atoms with Gasteiger partial charge in [0.2, 0.25) is 11.9 Å². The predicted octanol–water partition coefficient (Wildman–Crippen LogP) is 4.64. The highest BCUT2D eigenvalue weighted by Gasteiger charge is 2.54. The molecule has 3 saturated heterocycles. The van der Waals surface area contributed by atoms with Crippen LogP contribution in [-0.4, -0.2) is 108 Å². The molecule has 3 fully saturated rings. The first kappa shape index (κ1) is 44.3. The number of anilines is 2. The molecule has 5 aromatic rings. The number of halogens is 1. The van der Waals surface area contributed by atoms with E-state index in [-0.39, 0.29) is 53.1 Å². The van der Waals surface area contributed by atoms with Gasteiger partial charge in [0.1, 0.15) is 30.9 Å². The number of amides is 2. The Labute approximate surface area is 357 Å². The fraction of sp³-hybridized carbons (Fsp3) is 0.486. The van der Waals surface area contributed by atoms with E-state index in [9.17, 15) is 28.8 Å². The van der Waals surface area contributed by atoms with Crippen LogP contribution in [0.15, 0.2) is 54.1 Å². The van der Waals surface area contributed by atoms with Crippen molar-refractivity contribution < 1.29 is 55.2 Å². The summed E-state index contributed by atoms with van der Waals surface area (Å²) in [5, 5.41) is 14.5. The minimum absolute atomic E-state index is 0.128. The summed E-state index contributed by atoms with van der Waals surface area (Å²) < 4.78 is 90.2. The molecule has 10 atom stereocenters. The van der Waals surface area contributed by atoms with Crippen LogP contribution < -0.4 is 16.2 Å². The van der Waals surface area contributed by atoms with Crippen LogP contribution in [0.5, 0.6) is 0 Å². The number of nitrogens with one attached hydrogen (secondary N) is 3. The van der Waals surface area contributed by atoms with Crippen LogP contribution in [0.2, 0.25) is 0 Å². The molecule has 0 saturated carbocycles. The normalized spacial score (nSPS) is 30.0. The van der Waals surface area contributed by atoms with Crippen molar-refractivity contribution in [2.45, 2.75) is 76.7 Å².